The molecule has 0 radical (unpaired) electrons. The number of aryl methyl sites for hydroxylation is 1. The van der Waals surface area contributed by atoms with Crippen molar-refractivity contribution in [1.82, 2.24) is 24.7 Å². The molecule has 1 fully saturated rings. The summed E-state index contributed by atoms with van der Waals surface area (Å²) in [4.78, 5) is 16.2. The summed E-state index contributed by atoms with van der Waals surface area (Å²) in [6, 6.07) is 5.04. The van der Waals surface area contributed by atoms with Gasteiger partial charge in [-0.1, -0.05) is 0 Å². The molecule has 1 aliphatic rings. The minimum Gasteiger partial charge on any atom is -0.487 e. The van der Waals surface area contributed by atoms with Crippen molar-refractivity contribution in [2.45, 2.75) is 25.0 Å². The first-order chi connectivity index (χ1) is 17.4. The molecule has 188 valence electrons. The zero-order valence-corrected chi connectivity index (χ0v) is 19.9. The zero-order valence-electron chi connectivity index (χ0n) is 19.9. The van der Waals surface area contributed by atoms with Gasteiger partial charge in [0, 0.05) is 57.9 Å². The summed E-state index contributed by atoms with van der Waals surface area (Å²) >= 11 is 0. The minimum atomic E-state index is -0.873. The Balaban J connectivity index is 1.43. The van der Waals surface area contributed by atoms with Crippen molar-refractivity contribution in [3.63, 3.8) is 0 Å². The van der Waals surface area contributed by atoms with Gasteiger partial charge in [-0.2, -0.15) is 5.10 Å². The average molecular weight is 497 g/mol. The Bertz CT molecular complexity index is 1370. The molecule has 4 heterocycles. The molecule has 0 saturated carbocycles. The molecule has 1 N–H and O–H groups in total. The standard InChI is InChI=1S/C25H26F2N6O3/c1-32-13-15(11-29-32)24-25(31-19-10-20(22(34)14-35-2)28-12-21(19)30-24)33-7-5-17(6-8-33)36-23-4-3-16(26)9-18(23)27/h3-4,9-13,17,22,34H,5-8,14H2,1-2H3. The van der Waals surface area contributed by atoms with E-state index in [0.29, 0.717) is 54.2 Å². The molecule has 1 unspecified atom stereocenters. The quantitative estimate of drug-likeness (QED) is 0.416. The fraction of sp³-hybridized carbons (Fsp3) is 0.360. The highest BCUT2D eigenvalue weighted by Gasteiger charge is 2.26. The van der Waals surface area contributed by atoms with Crippen molar-refractivity contribution in [2.75, 3.05) is 31.7 Å². The van der Waals surface area contributed by atoms with Crippen LogP contribution in [-0.2, 0) is 11.8 Å². The molecule has 0 bridgehead atoms. The van der Waals surface area contributed by atoms with Crippen LogP contribution < -0.4 is 9.64 Å². The maximum Gasteiger partial charge on any atom is 0.167 e. The van der Waals surface area contributed by atoms with Gasteiger partial charge < -0.3 is 19.5 Å². The van der Waals surface area contributed by atoms with Crippen molar-refractivity contribution in [3.8, 4) is 17.0 Å². The van der Waals surface area contributed by atoms with Gasteiger partial charge in [0.2, 0.25) is 0 Å². The number of anilines is 1. The van der Waals surface area contributed by atoms with E-state index in [1.165, 1.54) is 19.2 Å². The number of aromatic nitrogens is 5. The Labute approximate surface area is 206 Å². The van der Waals surface area contributed by atoms with Crippen molar-refractivity contribution in [3.05, 3.63) is 60.2 Å². The highest BCUT2D eigenvalue weighted by atomic mass is 19.1. The Morgan fingerprint density at radius 1 is 1.11 bits per heavy atom. The predicted molar refractivity (Wildman–Crippen MR) is 129 cm³/mol. The fourth-order valence-electron chi connectivity index (χ4n) is 4.29. The van der Waals surface area contributed by atoms with Crippen molar-refractivity contribution >= 4 is 16.9 Å². The number of fused-ring (bicyclic) bond motifs is 1. The van der Waals surface area contributed by atoms with Crippen LogP contribution in [0.2, 0.25) is 0 Å². The minimum absolute atomic E-state index is 0.0473. The molecule has 4 aromatic rings. The Morgan fingerprint density at radius 3 is 2.61 bits per heavy atom. The molecule has 0 amide bonds. The summed E-state index contributed by atoms with van der Waals surface area (Å²) in [5.41, 5.74) is 3.14. The lowest BCUT2D eigenvalue weighted by molar-refractivity contribution is 0.0618. The van der Waals surface area contributed by atoms with E-state index >= 15 is 0 Å². The van der Waals surface area contributed by atoms with E-state index in [0.717, 1.165) is 11.6 Å². The van der Waals surface area contributed by atoms with Crippen LogP contribution in [0.3, 0.4) is 0 Å². The van der Waals surface area contributed by atoms with Gasteiger partial charge in [0.05, 0.1) is 30.2 Å². The van der Waals surface area contributed by atoms with Crippen molar-refractivity contribution < 1.29 is 23.4 Å². The van der Waals surface area contributed by atoms with Crippen molar-refractivity contribution in [2.24, 2.45) is 7.05 Å². The van der Waals surface area contributed by atoms with E-state index in [4.69, 9.17) is 19.4 Å². The molecule has 3 aromatic heterocycles. The van der Waals surface area contributed by atoms with Gasteiger partial charge >= 0.3 is 0 Å². The maximum absolute atomic E-state index is 14.0. The molecule has 1 aliphatic heterocycles. The molecule has 11 heteroatoms. The molecule has 1 aromatic carbocycles. The van der Waals surface area contributed by atoms with Gasteiger partial charge in [-0.3, -0.25) is 9.67 Å². The molecule has 1 atom stereocenters. The van der Waals surface area contributed by atoms with Gasteiger partial charge in [0.25, 0.3) is 0 Å². The first kappa shape index (κ1) is 24.0. The van der Waals surface area contributed by atoms with Crippen LogP contribution in [0.4, 0.5) is 14.6 Å². The average Bonchev–Trinajstić information content (AvgIpc) is 3.31. The first-order valence-corrected chi connectivity index (χ1v) is 11.6. The lowest BCUT2D eigenvalue weighted by Gasteiger charge is -2.33. The summed E-state index contributed by atoms with van der Waals surface area (Å²) in [6.07, 6.45) is 5.36. The number of halogens is 2. The number of benzene rings is 1. The zero-order chi connectivity index (χ0) is 25.2. The Morgan fingerprint density at radius 2 is 1.92 bits per heavy atom. The number of hydrogen-bond acceptors (Lipinski definition) is 8. The number of rotatable bonds is 7. The monoisotopic (exact) mass is 496 g/mol. The number of aliphatic hydroxyl groups excluding tert-OH is 1. The second-order valence-electron chi connectivity index (χ2n) is 8.75. The molecular formula is C25H26F2N6O3. The van der Waals surface area contributed by atoms with E-state index in [1.54, 1.807) is 23.1 Å². The highest BCUT2D eigenvalue weighted by molar-refractivity contribution is 5.83. The molecule has 5 rings (SSSR count). The lowest BCUT2D eigenvalue weighted by Crippen LogP contribution is -2.39. The predicted octanol–water partition coefficient (Wildman–Crippen LogP) is 3.43. The SMILES string of the molecule is COCC(O)c1cc2nc(N3CCC(Oc4ccc(F)cc4F)CC3)c(-c3cnn(C)c3)nc2cn1. The van der Waals surface area contributed by atoms with Gasteiger partial charge in [0.1, 0.15) is 29.2 Å². The van der Waals surface area contributed by atoms with Crippen LogP contribution in [0.25, 0.3) is 22.3 Å². The largest absolute Gasteiger partial charge is 0.487 e. The lowest BCUT2D eigenvalue weighted by atomic mass is 10.1. The number of aliphatic hydroxyl groups is 1. The van der Waals surface area contributed by atoms with Crippen molar-refractivity contribution in [1.29, 1.82) is 0 Å². The molecular weight excluding hydrogens is 470 g/mol. The number of methoxy groups -OCH3 is 1. The summed E-state index contributed by atoms with van der Waals surface area (Å²) in [5.74, 6) is -0.622. The molecule has 36 heavy (non-hydrogen) atoms. The topological polar surface area (TPSA) is 98.4 Å². The van der Waals surface area contributed by atoms with Gasteiger partial charge in [-0.05, 0) is 18.2 Å². The van der Waals surface area contributed by atoms with Gasteiger partial charge in [0.15, 0.2) is 17.4 Å². The smallest absolute Gasteiger partial charge is 0.167 e. The summed E-state index contributed by atoms with van der Waals surface area (Å²) in [7, 11) is 3.35. The molecule has 1 saturated heterocycles. The van der Waals surface area contributed by atoms with Gasteiger partial charge in [-0.25, -0.2) is 18.7 Å². The second kappa shape index (κ2) is 10.1. The number of piperidine rings is 1. The molecule has 0 aliphatic carbocycles. The second-order valence-corrected chi connectivity index (χ2v) is 8.75. The van der Waals surface area contributed by atoms with Crippen LogP contribution in [0, 0.1) is 11.6 Å². The maximum atomic E-state index is 14.0. The van der Waals surface area contributed by atoms with E-state index < -0.39 is 17.7 Å². The van der Waals surface area contributed by atoms with Crippen LogP contribution in [0.15, 0.2) is 42.9 Å². The van der Waals surface area contributed by atoms with Crippen LogP contribution >= 0.6 is 0 Å². The van der Waals surface area contributed by atoms with Crippen LogP contribution in [0.1, 0.15) is 24.6 Å². The Hall–Kier alpha value is -3.70. The van der Waals surface area contributed by atoms with Crippen LogP contribution in [0.5, 0.6) is 5.75 Å². The number of pyridine rings is 1. The van der Waals surface area contributed by atoms with E-state index in [2.05, 4.69) is 15.0 Å². The number of nitrogens with zero attached hydrogens (tertiary/aromatic N) is 6. The third-order valence-corrected chi connectivity index (χ3v) is 6.13. The molecule has 0 spiro atoms. The Kier molecular flexibility index (Phi) is 6.75. The highest BCUT2D eigenvalue weighted by Crippen LogP contribution is 2.32. The third kappa shape index (κ3) is 4.98. The molecule has 9 nitrogen and oxygen atoms in total. The number of hydrogen-bond donors (Lipinski definition) is 1. The number of ether oxygens (including phenoxy) is 2. The van der Waals surface area contributed by atoms with E-state index in [-0.39, 0.29) is 18.5 Å². The normalized spacial score (nSPS) is 15.4. The first-order valence-electron chi connectivity index (χ1n) is 11.6. The summed E-state index contributed by atoms with van der Waals surface area (Å²) in [6.45, 7) is 1.32. The summed E-state index contributed by atoms with van der Waals surface area (Å²) in [5, 5.41) is 14.6. The van der Waals surface area contributed by atoms with Gasteiger partial charge in [-0.15, -0.1) is 0 Å². The summed E-state index contributed by atoms with van der Waals surface area (Å²) < 4.78 is 39.8. The fourth-order valence-corrected chi connectivity index (χ4v) is 4.29. The van der Waals surface area contributed by atoms with Crippen LogP contribution in [-0.4, -0.2) is 62.7 Å². The van der Waals surface area contributed by atoms with E-state index in [1.807, 2.05) is 13.2 Å². The third-order valence-electron chi connectivity index (χ3n) is 6.13. The van der Waals surface area contributed by atoms with E-state index in [9.17, 15) is 13.9 Å².